The van der Waals surface area contributed by atoms with Gasteiger partial charge < -0.3 is 10.5 Å². The van der Waals surface area contributed by atoms with Crippen molar-refractivity contribution in [1.82, 2.24) is 20.2 Å². The van der Waals surface area contributed by atoms with Crippen LogP contribution in [0.5, 0.6) is 0 Å². The maximum atomic E-state index is 6.06. The lowest BCUT2D eigenvalue weighted by Crippen LogP contribution is -2.33. The molecule has 1 aliphatic carbocycles. The zero-order chi connectivity index (χ0) is 13.4. The average molecular weight is 259 g/mol. The molecular formula is C13H17N5O. The van der Waals surface area contributed by atoms with Gasteiger partial charge in [-0.05, 0) is 41.8 Å². The summed E-state index contributed by atoms with van der Waals surface area (Å²) in [5.74, 6) is 0.746. The van der Waals surface area contributed by atoms with Crippen molar-refractivity contribution in [3.63, 3.8) is 0 Å². The van der Waals surface area contributed by atoms with Crippen LogP contribution in [0.25, 0.3) is 11.4 Å². The first kappa shape index (κ1) is 12.1. The largest absolute Gasteiger partial charge is 0.398 e. The second kappa shape index (κ2) is 4.62. The maximum absolute atomic E-state index is 6.06. The van der Waals surface area contributed by atoms with Crippen molar-refractivity contribution in [2.75, 3.05) is 12.8 Å². The van der Waals surface area contributed by atoms with Crippen LogP contribution in [-0.2, 0) is 4.74 Å². The molecule has 2 aromatic rings. The molecule has 1 saturated carbocycles. The summed E-state index contributed by atoms with van der Waals surface area (Å²) in [6, 6.07) is 6.13. The molecule has 1 aliphatic rings. The Bertz CT molecular complexity index is 568. The summed E-state index contributed by atoms with van der Waals surface area (Å²) in [6.45, 7) is 2.02. The van der Waals surface area contributed by atoms with Crippen LogP contribution in [-0.4, -0.2) is 33.4 Å². The van der Waals surface area contributed by atoms with Crippen LogP contribution in [0.2, 0.25) is 0 Å². The summed E-state index contributed by atoms with van der Waals surface area (Å²) >= 11 is 0. The van der Waals surface area contributed by atoms with Crippen LogP contribution >= 0.6 is 0 Å². The molecule has 0 saturated heterocycles. The molecule has 0 radical (unpaired) electrons. The Balaban J connectivity index is 1.97. The van der Waals surface area contributed by atoms with E-state index >= 15 is 0 Å². The quantitative estimate of drug-likeness (QED) is 0.847. The zero-order valence-electron chi connectivity index (χ0n) is 11.1. The van der Waals surface area contributed by atoms with E-state index in [0.29, 0.717) is 17.8 Å². The number of aromatic nitrogens is 4. The van der Waals surface area contributed by atoms with Crippen molar-refractivity contribution in [2.45, 2.75) is 31.9 Å². The number of hydrogen-bond donors (Lipinski definition) is 1. The number of hydrogen-bond acceptors (Lipinski definition) is 5. The number of rotatable bonds is 3. The third-order valence-corrected chi connectivity index (χ3v) is 3.77. The SMILES string of the molecule is COC1CC(n2nnnc2-c2c(C)cccc2N)C1. The third-order valence-electron chi connectivity index (χ3n) is 3.77. The van der Waals surface area contributed by atoms with Gasteiger partial charge in [-0.15, -0.1) is 5.10 Å². The Morgan fingerprint density at radius 1 is 1.37 bits per heavy atom. The predicted octanol–water partition coefficient (Wildman–Crippen LogP) is 1.58. The fraction of sp³-hybridized carbons (Fsp3) is 0.462. The summed E-state index contributed by atoms with van der Waals surface area (Å²) in [7, 11) is 1.74. The Morgan fingerprint density at radius 3 is 2.84 bits per heavy atom. The molecule has 0 amide bonds. The van der Waals surface area contributed by atoms with E-state index < -0.39 is 0 Å². The lowest BCUT2D eigenvalue weighted by atomic mass is 9.89. The molecular weight excluding hydrogens is 242 g/mol. The van der Waals surface area contributed by atoms with Crippen molar-refractivity contribution >= 4 is 5.69 Å². The third kappa shape index (κ3) is 1.98. The van der Waals surface area contributed by atoms with Gasteiger partial charge >= 0.3 is 0 Å². The van der Waals surface area contributed by atoms with Crippen LogP contribution in [0.3, 0.4) is 0 Å². The van der Waals surface area contributed by atoms with Gasteiger partial charge in [0.05, 0.1) is 12.1 Å². The van der Waals surface area contributed by atoms with Gasteiger partial charge in [0, 0.05) is 18.4 Å². The van der Waals surface area contributed by atoms with E-state index in [-0.39, 0.29) is 0 Å². The highest BCUT2D eigenvalue weighted by Crippen LogP contribution is 2.37. The molecule has 0 bridgehead atoms. The molecule has 3 rings (SSSR count). The second-order valence-corrected chi connectivity index (χ2v) is 4.97. The fourth-order valence-corrected chi connectivity index (χ4v) is 2.53. The topological polar surface area (TPSA) is 78.8 Å². The number of ether oxygens (including phenoxy) is 1. The van der Waals surface area contributed by atoms with E-state index in [0.717, 1.165) is 29.8 Å². The lowest BCUT2D eigenvalue weighted by molar-refractivity contribution is 0.00248. The summed E-state index contributed by atoms with van der Waals surface area (Å²) in [6.07, 6.45) is 2.21. The van der Waals surface area contributed by atoms with Crippen molar-refractivity contribution < 1.29 is 4.74 Å². The van der Waals surface area contributed by atoms with E-state index in [1.54, 1.807) is 7.11 Å². The minimum Gasteiger partial charge on any atom is -0.398 e. The summed E-state index contributed by atoms with van der Waals surface area (Å²) in [5.41, 5.74) is 8.77. The van der Waals surface area contributed by atoms with E-state index in [9.17, 15) is 0 Å². The van der Waals surface area contributed by atoms with Crippen molar-refractivity contribution in [1.29, 1.82) is 0 Å². The highest BCUT2D eigenvalue weighted by molar-refractivity contribution is 5.74. The van der Waals surface area contributed by atoms with E-state index in [1.807, 2.05) is 29.8 Å². The van der Waals surface area contributed by atoms with Gasteiger partial charge in [0.25, 0.3) is 0 Å². The minimum atomic E-state index is 0.300. The number of methoxy groups -OCH3 is 1. The van der Waals surface area contributed by atoms with Crippen LogP contribution in [0.15, 0.2) is 18.2 Å². The van der Waals surface area contributed by atoms with Gasteiger partial charge in [0.15, 0.2) is 5.82 Å². The van der Waals surface area contributed by atoms with Gasteiger partial charge in [0.2, 0.25) is 0 Å². The maximum Gasteiger partial charge on any atom is 0.184 e. The van der Waals surface area contributed by atoms with Crippen molar-refractivity contribution in [3.05, 3.63) is 23.8 Å². The number of aryl methyl sites for hydroxylation is 1. The highest BCUT2D eigenvalue weighted by atomic mass is 16.5. The van der Waals surface area contributed by atoms with Crippen molar-refractivity contribution in [3.8, 4) is 11.4 Å². The van der Waals surface area contributed by atoms with Gasteiger partial charge in [-0.2, -0.15) is 0 Å². The first-order valence-electron chi connectivity index (χ1n) is 6.37. The summed E-state index contributed by atoms with van der Waals surface area (Å²) in [4.78, 5) is 0. The Hall–Kier alpha value is -1.95. The van der Waals surface area contributed by atoms with Gasteiger partial charge in [-0.25, -0.2) is 4.68 Å². The summed E-state index contributed by atoms with van der Waals surface area (Å²) in [5, 5.41) is 12.1. The molecule has 100 valence electrons. The molecule has 6 nitrogen and oxygen atoms in total. The molecule has 0 aliphatic heterocycles. The Morgan fingerprint density at radius 2 is 2.16 bits per heavy atom. The van der Waals surface area contributed by atoms with Gasteiger partial charge in [-0.1, -0.05) is 12.1 Å². The molecule has 0 unspecified atom stereocenters. The van der Waals surface area contributed by atoms with Crippen LogP contribution in [0.4, 0.5) is 5.69 Å². The predicted molar refractivity (Wildman–Crippen MR) is 71.5 cm³/mol. The molecule has 2 N–H and O–H groups in total. The molecule has 1 aromatic carbocycles. The number of anilines is 1. The number of tetrazole rings is 1. The van der Waals surface area contributed by atoms with Crippen molar-refractivity contribution in [2.24, 2.45) is 0 Å². The molecule has 1 heterocycles. The smallest absolute Gasteiger partial charge is 0.184 e. The zero-order valence-corrected chi connectivity index (χ0v) is 11.1. The van der Waals surface area contributed by atoms with Crippen LogP contribution in [0.1, 0.15) is 24.4 Å². The van der Waals surface area contributed by atoms with Gasteiger partial charge in [-0.3, -0.25) is 0 Å². The monoisotopic (exact) mass is 259 g/mol. The second-order valence-electron chi connectivity index (χ2n) is 4.97. The van der Waals surface area contributed by atoms with E-state index in [4.69, 9.17) is 10.5 Å². The number of nitrogen functional groups attached to an aromatic ring is 1. The molecule has 19 heavy (non-hydrogen) atoms. The number of nitrogens with zero attached hydrogens (tertiary/aromatic N) is 4. The molecule has 1 fully saturated rings. The first-order chi connectivity index (χ1) is 9.20. The standard InChI is InChI=1S/C13H17N5O/c1-8-4-3-5-11(14)12(8)13-15-16-17-18(13)9-6-10(7-9)19-2/h3-5,9-10H,6-7,14H2,1-2H3. The molecule has 0 atom stereocenters. The first-order valence-corrected chi connectivity index (χ1v) is 6.37. The number of benzene rings is 1. The average Bonchev–Trinajstić information content (AvgIpc) is 2.77. The normalized spacial score (nSPS) is 22.2. The molecule has 1 aromatic heterocycles. The molecule has 0 spiro atoms. The Kier molecular flexibility index (Phi) is 2.94. The van der Waals surface area contributed by atoms with Crippen LogP contribution < -0.4 is 5.73 Å². The van der Waals surface area contributed by atoms with E-state index in [1.165, 1.54) is 0 Å². The van der Waals surface area contributed by atoms with E-state index in [2.05, 4.69) is 15.5 Å². The number of nitrogens with two attached hydrogens (primary N) is 1. The van der Waals surface area contributed by atoms with Gasteiger partial charge in [0.1, 0.15) is 0 Å². The lowest BCUT2D eigenvalue weighted by Gasteiger charge is -2.34. The summed E-state index contributed by atoms with van der Waals surface area (Å²) < 4.78 is 7.17. The highest BCUT2D eigenvalue weighted by Gasteiger charge is 2.33. The fourth-order valence-electron chi connectivity index (χ4n) is 2.53. The van der Waals surface area contributed by atoms with Crippen LogP contribution in [0, 0.1) is 6.92 Å². The Labute approximate surface area is 111 Å². The molecule has 6 heteroatoms. The minimum absolute atomic E-state index is 0.300.